The fraction of sp³-hybridized carbons (Fsp3) is 0.228. The van der Waals surface area contributed by atoms with Gasteiger partial charge in [0, 0.05) is 21.9 Å². The molecule has 3 aromatic heterocycles. The zero-order valence-corrected chi connectivity index (χ0v) is 39.9. The standard InChI is InChI=1S/C28H27N5O.C22H17NO4.C3H6.2C2H6/c29-28(32-33-30)23-6-3-4-19(15-23)14-20-8-9-21-11-13-26(17-24(21)16-20)34-18-25-12-10-22-5-1-2-7-27(22)31-25;1-14-19(22(24)25)12-21(27-14)16-7-10-18(11-8-16)26-13-17-9-6-15-4-2-3-5-20(15)23-17;1-3-2;2*1-2/h1-7,10-13,15,17,20H,8-9,14,16,18H2,(H3,29,30,32);2-12H,13H2,1H3,(H,24,25);3H,1H2,2H3;2*1-2H3. The highest BCUT2D eigenvalue weighted by atomic mass is 16.5. The molecule has 11 heteroatoms. The Kier molecular flexibility index (Phi) is 19.7. The van der Waals surface area contributed by atoms with Gasteiger partial charge < -0.3 is 24.8 Å². The summed E-state index contributed by atoms with van der Waals surface area (Å²) >= 11 is 0. The maximum absolute atomic E-state index is 11.1. The van der Waals surface area contributed by atoms with E-state index in [1.807, 2.05) is 138 Å². The first-order valence-electron chi connectivity index (χ1n) is 23.1. The van der Waals surface area contributed by atoms with Crippen LogP contribution in [0.15, 0.2) is 173 Å². The summed E-state index contributed by atoms with van der Waals surface area (Å²) in [6.45, 7) is 15.7. The van der Waals surface area contributed by atoms with Crippen LogP contribution in [0.4, 0.5) is 0 Å². The molecule has 0 fully saturated rings. The lowest BCUT2D eigenvalue weighted by atomic mass is 9.80. The number of furan rings is 1. The predicted octanol–water partition coefficient (Wildman–Crippen LogP) is 14.1. The number of aryl methyl sites for hydroxylation is 2. The molecule has 0 radical (unpaired) electrons. The Morgan fingerprint density at radius 3 is 1.96 bits per heavy atom. The molecule has 0 spiro atoms. The van der Waals surface area contributed by atoms with Crippen LogP contribution in [0.25, 0.3) is 33.1 Å². The van der Waals surface area contributed by atoms with E-state index in [2.05, 4.69) is 58.3 Å². The van der Waals surface area contributed by atoms with Gasteiger partial charge in [-0.25, -0.2) is 14.8 Å². The smallest absolute Gasteiger partial charge is 0.339 e. The Labute approximate surface area is 399 Å². The van der Waals surface area contributed by atoms with Crippen molar-refractivity contribution in [1.29, 1.82) is 5.41 Å². The van der Waals surface area contributed by atoms with Crippen LogP contribution in [0.1, 0.15) is 90.8 Å². The second-order valence-electron chi connectivity index (χ2n) is 15.4. The number of pyridine rings is 2. The van der Waals surface area contributed by atoms with Crippen LogP contribution in [0.2, 0.25) is 0 Å². The molecule has 0 saturated carbocycles. The molecular weight excluding hydrogens is 849 g/mol. The number of aromatic nitrogens is 2. The Hall–Kier alpha value is -7.92. The van der Waals surface area contributed by atoms with E-state index in [1.54, 1.807) is 13.0 Å². The molecule has 0 aliphatic heterocycles. The number of hydrogen-bond acceptors (Lipinski definition) is 8. The number of nitrogens with two attached hydrogens (primary N) is 1. The lowest BCUT2D eigenvalue weighted by Gasteiger charge is -2.25. The maximum Gasteiger partial charge on any atom is 0.339 e. The minimum atomic E-state index is -0.995. The van der Waals surface area contributed by atoms with E-state index in [4.69, 9.17) is 35.2 Å². The monoisotopic (exact) mass is 910 g/mol. The van der Waals surface area contributed by atoms with Crippen LogP contribution in [0.3, 0.4) is 0 Å². The highest BCUT2D eigenvalue weighted by Gasteiger charge is 2.20. The molecule has 68 heavy (non-hydrogen) atoms. The molecule has 1 aliphatic carbocycles. The third-order valence-electron chi connectivity index (χ3n) is 10.8. The summed E-state index contributed by atoms with van der Waals surface area (Å²) in [5.41, 5.74) is 9.39. The van der Waals surface area contributed by atoms with Crippen molar-refractivity contribution in [3.8, 4) is 22.8 Å². The largest absolute Gasteiger partial charge is 0.487 e. The molecule has 0 saturated heterocycles. The van der Waals surface area contributed by atoms with Gasteiger partial charge in [0.25, 0.3) is 0 Å². The summed E-state index contributed by atoms with van der Waals surface area (Å²) in [5, 5.41) is 26.2. The first kappa shape index (κ1) is 51.1. The maximum atomic E-state index is 11.1. The van der Waals surface area contributed by atoms with Crippen LogP contribution < -0.4 is 15.3 Å². The summed E-state index contributed by atoms with van der Waals surface area (Å²) in [6.07, 6.45) is 5.96. The van der Waals surface area contributed by atoms with Crippen molar-refractivity contribution in [1.82, 2.24) is 9.97 Å². The van der Waals surface area contributed by atoms with E-state index in [0.29, 0.717) is 36.4 Å². The Morgan fingerprint density at radius 2 is 1.37 bits per heavy atom. The Balaban J connectivity index is 0.000000229. The van der Waals surface area contributed by atoms with Gasteiger partial charge in [0.05, 0.1) is 22.4 Å². The van der Waals surface area contributed by atoms with Gasteiger partial charge in [-0.3, -0.25) is 5.41 Å². The third kappa shape index (κ3) is 14.3. The minimum absolute atomic E-state index is 0.0843. The van der Waals surface area contributed by atoms with E-state index in [9.17, 15) is 4.79 Å². The van der Waals surface area contributed by atoms with Gasteiger partial charge in [0.2, 0.25) is 0 Å². The summed E-state index contributed by atoms with van der Waals surface area (Å²) in [7, 11) is 0. The first-order valence-corrected chi connectivity index (χ1v) is 23.1. The van der Waals surface area contributed by atoms with E-state index in [1.165, 1.54) is 22.8 Å². The van der Waals surface area contributed by atoms with Gasteiger partial charge in [0.15, 0.2) is 5.84 Å². The lowest BCUT2D eigenvalue weighted by Crippen LogP contribution is -2.17. The number of allylic oxidation sites excluding steroid dienone is 1. The normalized spacial score (nSPS) is 12.4. The van der Waals surface area contributed by atoms with Gasteiger partial charge in [-0.15, -0.1) is 11.7 Å². The number of hydrogen-bond donors (Lipinski definition) is 3. The van der Waals surface area contributed by atoms with E-state index in [-0.39, 0.29) is 11.4 Å². The quantitative estimate of drug-likeness (QED) is 0.0288. The van der Waals surface area contributed by atoms with E-state index in [0.717, 1.165) is 75.8 Å². The molecule has 4 N–H and O–H groups in total. The molecule has 1 unspecified atom stereocenters. The van der Waals surface area contributed by atoms with Gasteiger partial charge in [-0.2, -0.15) is 0 Å². The summed E-state index contributed by atoms with van der Waals surface area (Å²) < 4.78 is 17.5. The number of amidine groups is 1. The zero-order valence-electron chi connectivity index (χ0n) is 39.9. The number of ether oxygens (including phenoxy) is 2. The predicted molar refractivity (Wildman–Crippen MR) is 275 cm³/mol. The number of aromatic carboxylic acids is 1. The van der Waals surface area contributed by atoms with Gasteiger partial charge in [0.1, 0.15) is 41.8 Å². The number of benzene rings is 5. The minimum Gasteiger partial charge on any atom is -0.487 e. The SMILES string of the molecule is C=CC.CC.CC.Cc1oc(-c2ccc(OCc3ccc4ccccc4n3)cc2)cc1C(=O)O.N=C(N=NN)c1cccc(CC2CCc3ccc(OCc4ccc5ccccc5n4)cc3C2)c1. The Bertz CT molecular complexity index is 2920. The van der Waals surface area contributed by atoms with Crippen molar-refractivity contribution in [3.63, 3.8) is 0 Å². The number of nitrogens with zero attached hydrogens (tertiary/aromatic N) is 4. The molecule has 350 valence electrons. The number of para-hydroxylation sites is 2. The van der Waals surface area contributed by atoms with Crippen molar-refractivity contribution in [3.05, 3.63) is 203 Å². The number of carboxylic acids is 1. The molecule has 5 aromatic carbocycles. The van der Waals surface area contributed by atoms with Crippen LogP contribution in [-0.2, 0) is 32.5 Å². The molecule has 0 amide bonds. The summed E-state index contributed by atoms with van der Waals surface area (Å²) in [4.78, 5) is 20.4. The topological polar surface area (TPSA) is 169 Å². The molecule has 3 heterocycles. The second-order valence-corrected chi connectivity index (χ2v) is 15.4. The Morgan fingerprint density at radius 1 is 0.779 bits per heavy atom. The highest BCUT2D eigenvalue weighted by molar-refractivity contribution is 5.96. The summed E-state index contributed by atoms with van der Waals surface area (Å²) in [5.74, 6) is 7.23. The van der Waals surface area contributed by atoms with E-state index >= 15 is 0 Å². The van der Waals surface area contributed by atoms with Crippen LogP contribution in [-0.4, -0.2) is 26.9 Å². The zero-order chi connectivity index (χ0) is 48.8. The molecule has 1 atom stereocenters. The number of carbonyl (C=O) groups is 1. The average molecular weight is 911 g/mol. The number of carboxylic acid groups (broad SMARTS) is 1. The molecule has 11 nitrogen and oxygen atoms in total. The molecule has 9 rings (SSSR count). The number of rotatable bonds is 11. The second kappa shape index (κ2) is 26.3. The number of nitrogens with one attached hydrogen (secondary N) is 1. The molecule has 1 aliphatic rings. The van der Waals surface area contributed by atoms with Crippen molar-refractivity contribution in [2.24, 2.45) is 22.1 Å². The molecule has 0 bridgehead atoms. The number of fused-ring (bicyclic) bond motifs is 3. The third-order valence-corrected chi connectivity index (χ3v) is 10.8. The fourth-order valence-corrected chi connectivity index (χ4v) is 7.61. The van der Waals surface area contributed by atoms with Crippen molar-refractivity contribution in [2.75, 3.05) is 0 Å². The van der Waals surface area contributed by atoms with Crippen molar-refractivity contribution < 1.29 is 23.8 Å². The average Bonchev–Trinajstić information content (AvgIpc) is 3.78. The van der Waals surface area contributed by atoms with Crippen LogP contribution in [0, 0.1) is 18.3 Å². The fourth-order valence-electron chi connectivity index (χ4n) is 7.61. The first-order chi connectivity index (χ1) is 33.2. The van der Waals surface area contributed by atoms with Gasteiger partial charge in [-0.05, 0) is 135 Å². The van der Waals surface area contributed by atoms with Crippen molar-refractivity contribution >= 4 is 33.6 Å². The van der Waals surface area contributed by atoms with Gasteiger partial charge in [-0.1, -0.05) is 112 Å². The summed E-state index contributed by atoms with van der Waals surface area (Å²) in [6, 6.07) is 47.5. The van der Waals surface area contributed by atoms with Crippen molar-refractivity contribution in [2.45, 2.75) is 80.4 Å². The van der Waals surface area contributed by atoms with Crippen LogP contribution in [0.5, 0.6) is 11.5 Å². The van der Waals surface area contributed by atoms with Crippen LogP contribution >= 0.6 is 0 Å². The van der Waals surface area contributed by atoms with E-state index < -0.39 is 5.97 Å². The van der Waals surface area contributed by atoms with Gasteiger partial charge >= 0.3 is 5.97 Å². The molecular formula is C57H62N6O5. The lowest BCUT2D eigenvalue weighted by molar-refractivity contribution is 0.0695. The highest BCUT2D eigenvalue weighted by Crippen LogP contribution is 2.32. The molecule has 8 aromatic rings.